The summed E-state index contributed by atoms with van der Waals surface area (Å²) in [7, 11) is 1.53. The van der Waals surface area contributed by atoms with Gasteiger partial charge in [-0.15, -0.1) is 0 Å². The highest BCUT2D eigenvalue weighted by Crippen LogP contribution is 2.11. The van der Waals surface area contributed by atoms with Gasteiger partial charge in [-0.2, -0.15) is 15.6 Å². The molecule has 6 nitrogen and oxygen atoms in total. The number of nitriles is 2. The second kappa shape index (κ2) is 8.30. The number of hydrogen-bond donors (Lipinski definition) is 2. The SMILES string of the molecule is CN=C(NC=C(C#N)C#N)N/N=C/c1ccccc1Cl. The van der Waals surface area contributed by atoms with Gasteiger partial charge in [0.25, 0.3) is 0 Å². The highest BCUT2D eigenvalue weighted by Gasteiger charge is 1.96. The first kappa shape index (κ1) is 15.2. The number of hydrazone groups is 1. The van der Waals surface area contributed by atoms with Crippen LogP contribution in [-0.2, 0) is 0 Å². The lowest BCUT2D eigenvalue weighted by molar-refractivity contribution is 0.963. The van der Waals surface area contributed by atoms with Crippen LogP contribution in [0.4, 0.5) is 0 Å². The Morgan fingerprint density at radius 1 is 1.30 bits per heavy atom. The Bertz CT molecular complexity index is 617. The Kier molecular flexibility index (Phi) is 6.32. The number of nitrogens with one attached hydrogen (secondary N) is 2. The fourth-order valence-corrected chi connectivity index (χ4v) is 1.30. The summed E-state index contributed by atoms with van der Waals surface area (Å²) in [5.41, 5.74) is 3.32. The molecule has 0 aliphatic heterocycles. The standard InChI is InChI=1S/C13H11ClN6/c1-17-13(18-8-10(6-15)7-16)20-19-9-11-4-2-3-5-12(11)14/h2-5,8-9H,1H3,(H2,17,18,20)/b19-9+. The molecule has 2 N–H and O–H groups in total. The van der Waals surface area contributed by atoms with Crippen LogP contribution < -0.4 is 10.7 Å². The van der Waals surface area contributed by atoms with E-state index in [1.165, 1.54) is 19.5 Å². The molecule has 7 heteroatoms. The minimum absolute atomic E-state index is 0.0666. The zero-order valence-electron chi connectivity index (χ0n) is 10.6. The fourth-order valence-electron chi connectivity index (χ4n) is 1.12. The van der Waals surface area contributed by atoms with E-state index in [1.54, 1.807) is 18.2 Å². The molecule has 0 saturated carbocycles. The Hall–Kier alpha value is -2.83. The Morgan fingerprint density at radius 3 is 2.60 bits per heavy atom. The van der Waals surface area contributed by atoms with E-state index in [4.69, 9.17) is 22.1 Å². The van der Waals surface area contributed by atoms with E-state index in [0.29, 0.717) is 5.02 Å². The van der Waals surface area contributed by atoms with E-state index < -0.39 is 0 Å². The van der Waals surface area contributed by atoms with Crippen LogP contribution in [0.25, 0.3) is 0 Å². The van der Waals surface area contributed by atoms with Crippen molar-refractivity contribution in [1.82, 2.24) is 10.7 Å². The van der Waals surface area contributed by atoms with Gasteiger partial charge in [0.1, 0.15) is 17.7 Å². The molecule has 0 bridgehead atoms. The van der Waals surface area contributed by atoms with Gasteiger partial charge in [0, 0.05) is 23.8 Å². The summed E-state index contributed by atoms with van der Waals surface area (Å²) in [5.74, 6) is 0.288. The maximum atomic E-state index is 8.58. The average molecular weight is 287 g/mol. The third-order valence-corrected chi connectivity index (χ3v) is 2.44. The smallest absolute Gasteiger partial charge is 0.215 e. The molecular weight excluding hydrogens is 276 g/mol. The van der Waals surface area contributed by atoms with Gasteiger partial charge in [-0.3, -0.25) is 4.99 Å². The van der Waals surface area contributed by atoms with Crippen molar-refractivity contribution >= 4 is 23.8 Å². The highest BCUT2D eigenvalue weighted by molar-refractivity contribution is 6.33. The number of guanidine groups is 1. The topological polar surface area (TPSA) is 96.4 Å². The normalized spacial score (nSPS) is 10.5. The number of aliphatic imine (C=N–C) groups is 1. The van der Waals surface area contributed by atoms with E-state index >= 15 is 0 Å². The molecule has 0 radical (unpaired) electrons. The van der Waals surface area contributed by atoms with Crippen LogP contribution in [0, 0.1) is 22.7 Å². The van der Waals surface area contributed by atoms with Gasteiger partial charge in [0.2, 0.25) is 5.96 Å². The maximum Gasteiger partial charge on any atom is 0.215 e. The molecule has 0 amide bonds. The number of nitrogens with zero attached hydrogens (tertiary/aromatic N) is 4. The van der Waals surface area contributed by atoms with Crippen LogP contribution in [-0.4, -0.2) is 19.2 Å². The van der Waals surface area contributed by atoms with Crippen LogP contribution >= 0.6 is 11.6 Å². The summed E-state index contributed by atoms with van der Waals surface area (Å²) >= 11 is 5.97. The van der Waals surface area contributed by atoms with Gasteiger partial charge in [0.05, 0.1) is 6.21 Å². The second-order valence-electron chi connectivity index (χ2n) is 3.39. The number of halogens is 1. The largest absolute Gasteiger partial charge is 0.329 e. The first-order valence-corrected chi connectivity index (χ1v) is 5.86. The second-order valence-corrected chi connectivity index (χ2v) is 3.80. The Labute approximate surface area is 121 Å². The van der Waals surface area contributed by atoms with Crippen LogP contribution in [0.15, 0.2) is 46.1 Å². The van der Waals surface area contributed by atoms with Crippen molar-refractivity contribution < 1.29 is 0 Å². The van der Waals surface area contributed by atoms with E-state index in [-0.39, 0.29) is 11.5 Å². The van der Waals surface area contributed by atoms with Crippen molar-refractivity contribution in [3.63, 3.8) is 0 Å². The zero-order chi connectivity index (χ0) is 14.8. The lowest BCUT2D eigenvalue weighted by atomic mass is 10.2. The molecule has 0 spiro atoms. The summed E-state index contributed by atoms with van der Waals surface area (Å²) in [6.07, 6.45) is 2.77. The van der Waals surface area contributed by atoms with Gasteiger partial charge in [-0.05, 0) is 6.07 Å². The first-order valence-electron chi connectivity index (χ1n) is 5.48. The minimum atomic E-state index is -0.0666. The fraction of sp³-hybridized carbons (Fsp3) is 0.0769. The molecule has 0 aliphatic carbocycles. The predicted molar refractivity (Wildman–Crippen MR) is 78.0 cm³/mol. The van der Waals surface area contributed by atoms with Gasteiger partial charge in [-0.25, -0.2) is 5.43 Å². The molecule has 0 atom stereocenters. The van der Waals surface area contributed by atoms with Crippen molar-refractivity contribution in [1.29, 1.82) is 10.5 Å². The van der Waals surface area contributed by atoms with Crippen molar-refractivity contribution in [2.75, 3.05) is 7.05 Å². The number of benzene rings is 1. The van der Waals surface area contributed by atoms with Gasteiger partial charge in [-0.1, -0.05) is 29.8 Å². The molecule has 1 aromatic carbocycles. The summed E-state index contributed by atoms with van der Waals surface area (Å²) in [6, 6.07) is 10.7. The van der Waals surface area contributed by atoms with Gasteiger partial charge >= 0.3 is 0 Å². The van der Waals surface area contributed by atoms with Crippen LogP contribution in [0.5, 0.6) is 0 Å². The number of rotatable bonds is 3. The van der Waals surface area contributed by atoms with Gasteiger partial charge < -0.3 is 5.32 Å². The molecular formula is C13H11ClN6. The van der Waals surface area contributed by atoms with Crippen LogP contribution in [0.1, 0.15) is 5.56 Å². The molecule has 0 unspecified atom stereocenters. The van der Waals surface area contributed by atoms with E-state index in [2.05, 4.69) is 20.8 Å². The Morgan fingerprint density at radius 2 is 2.00 bits per heavy atom. The molecule has 0 aromatic heterocycles. The molecule has 0 aliphatic rings. The van der Waals surface area contributed by atoms with Crippen LogP contribution in [0.2, 0.25) is 5.02 Å². The van der Waals surface area contributed by atoms with Crippen LogP contribution in [0.3, 0.4) is 0 Å². The van der Waals surface area contributed by atoms with Gasteiger partial charge in [0.15, 0.2) is 0 Å². The quantitative estimate of drug-likeness (QED) is 0.383. The summed E-state index contributed by atoms with van der Waals surface area (Å²) < 4.78 is 0. The maximum absolute atomic E-state index is 8.58. The Balaban J connectivity index is 2.64. The van der Waals surface area contributed by atoms with Crippen molar-refractivity contribution in [3.05, 3.63) is 46.6 Å². The van der Waals surface area contributed by atoms with Crippen molar-refractivity contribution in [2.45, 2.75) is 0 Å². The molecule has 100 valence electrons. The molecule has 0 saturated heterocycles. The molecule has 1 rings (SSSR count). The number of hydrogen-bond acceptors (Lipinski definition) is 4. The molecule has 1 aromatic rings. The molecule has 0 heterocycles. The minimum Gasteiger partial charge on any atom is -0.329 e. The molecule has 20 heavy (non-hydrogen) atoms. The first-order chi connectivity index (χ1) is 9.71. The lowest BCUT2D eigenvalue weighted by Crippen LogP contribution is -2.30. The third kappa shape index (κ3) is 4.81. The third-order valence-electron chi connectivity index (χ3n) is 2.10. The van der Waals surface area contributed by atoms with E-state index in [1.807, 2.05) is 18.2 Å². The monoisotopic (exact) mass is 286 g/mol. The predicted octanol–water partition coefficient (Wildman–Crippen LogP) is 1.77. The van der Waals surface area contributed by atoms with E-state index in [0.717, 1.165) is 5.56 Å². The highest BCUT2D eigenvalue weighted by atomic mass is 35.5. The van der Waals surface area contributed by atoms with Crippen molar-refractivity contribution in [3.8, 4) is 12.1 Å². The zero-order valence-corrected chi connectivity index (χ0v) is 11.4. The lowest BCUT2D eigenvalue weighted by Gasteiger charge is -2.03. The summed E-state index contributed by atoms with van der Waals surface area (Å²) in [4.78, 5) is 3.87. The van der Waals surface area contributed by atoms with Crippen molar-refractivity contribution in [2.24, 2.45) is 10.1 Å². The summed E-state index contributed by atoms with van der Waals surface area (Å²) in [5, 5.41) is 24.4. The average Bonchev–Trinajstić information content (AvgIpc) is 2.48. The van der Waals surface area contributed by atoms with E-state index in [9.17, 15) is 0 Å². The summed E-state index contributed by atoms with van der Waals surface area (Å²) in [6.45, 7) is 0. The number of allylic oxidation sites excluding steroid dienone is 1. The molecule has 0 fully saturated rings.